The first-order valence-corrected chi connectivity index (χ1v) is 12.7. The van der Waals surface area contributed by atoms with E-state index < -0.39 is 6.04 Å². The third-order valence-corrected chi connectivity index (χ3v) is 7.34. The van der Waals surface area contributed by atoms with E-state index >= 15 is 0 Å². The van der Waals surface area contributed by atoms with Crippen molar-refractivity contribution in [3.05, 3.63) is 94.1 Å². The first kappa shape index (κ1) is 24.9. The topological polar surface area (TPSA) is 67.9 Å². The van der Waals surface area contributed by atoms with E-state index in [-0.39, 0.29) is 17.6 Å². The Morgan fingerprint density at radius 2 is 1.76 bits per heavy atom. The summed E-state index contributed by atoms with van der Waals surface area (Å²) in [7, 11) is 3.16. The van der Waals surface area contributed by atoms with E-state index in [1.54, 1.807) is 19.1 Å². The van der Waals surface area contributed by atoms with Crippen LogP contribution in [0.3, 0.4) is 0 Å². The van der Waals surface area contributed by atoms with Crippen molar-refractivity contribution in [2.45, 2.75) is 38.1 Å². The molecular formula is C30H29ClN2O4. The number of methoxy groups -OCH3 is 2. The highest BCUT2D eigenvalue weighted by Gasteiger charge is 2.41. The number of Topliss-reactive ketones (excluding diaryl/α,β-unsaturated/α-hetero) is 1. The van der Waals surface area contributed by atoms with Crippen LogP contribution in [0.25, 0.3) is 0 Å². The van der Waals surface area contributed by atoms with Crippen LogP contribution >= 0.6 is 11.6 Å². The molecule has 0 fully saturated rings. The SMILES string of the molecule is CCC(=O)N1c2ccccc2NC2=C(C(=O)C[C@H](c3cccc(Cl)c3)C2)[C@H]1c1ccc(OC)c(OC)c1. The van der Waals surface area contributed by atoms with Crippen LogP contribution in [0.5, 0.6) is 11.5 Å². The second kappa shape index (κ2) is 10.3. The molecule has 0 bridgehead atoms. The highest BCUT2D eigenvalue weighted by Crippen LogP contribution is 2.48. The van der Waals surface area contributed by atoms with Gasteiger partial charge in [0.2, 0.25) is 5.91 Å². The molecule has 3 aromatic carbocycles. The summed E-state index contributed by atoms with van der Waals surface area (Å²) in [5.74, 6) is 1.02. The Labute approximate surface area is 221 Å². The van der Waals surface area contributed by atoms with E-state index in [1.807, 2.05) is 73.7 Å². The molecule has 0 unspecified atom stereocenters. The van der Waals surface area contributed by atoms with E-state index in [1.165, 1.54) is 0 Å². The minimum Gasteiger partial charge on any atom is -0.493 e. The predicted octanol–water partition coefficient (Wildman–Crippen LogP) is 6.67. The van der Waals surface area contributed by atoms with Crippen LogP contribution < -0.4 is 19.7 Å². The third-order valence-electron chi connectivity index (χ3n) is 7.10. The molecule has 0 aromatic heterocycles. The lowest BCUT2D eigenvalue weighted by atomic mass is 9.78. The van der Waals surface area contributed by atoms with Crippen LogP contribution in [0.4, 0.5) is 11.4 Å². The molecule has 37 heavy (non-hydrogen) atoms. The lowest BCUT2D eigenvalue weighted by Gasteiger charge is -2.35. The zero-order valence-electron chi connectivity index (χ0n) is 21.1. The smallest absolute Gasteiger partial charge is 0.227 e. The Balaban J connectivity index is 1.72. The van der Waals surface area contributed by atoms with Gasteiger partial charge in [-0.25, -0.2) is 0 Å². The number of halogens is 1. The summed E-state index contributed by atoms with van der Waals surface area (Å²) in [6.07, 6.45) is 1.24. The van der Waals surface area contributed by atoms with E-state index in [0.29, 0.717) is 41.4 Å². The van der Waals surface area contributed by atoms with Crippen LogP contribution in [0.1, 0.15) is 49.3 Å². The Kier molecular flexibility index (Phi) is 6.94. The third kappa shape index (κ3) is 4.58. The number of ether oxygens (including phenoxy) is 2. The van der Waals surface area contributed by atoms with E-state index in [2.05, 4.69) is 5.32 Å². The summed E-state index contributed by atoms with van der Waals surface area (Å²) in [6, 6.07) is 20.3. The Morgan fingerprint density at radius 3 is 2.49 bits per heavy atom. The number of nitrogens with one attached hydrogen (secondary N) is 1. The number of anilines is 2. The van der Waals surface area contributed by atoms with Crippen molar-refractivity contribution in [3.63, 3.8) is 0 Å². The van der Waals surface area contributed by atoms with Crippen LogP contribution in [-0.2, 0) is 9.59 Å². The largest absolute Gasteiger partial charge is 0.493 e. The van der Waals surface area contributed by atoms with Gasteiger partial charge >= 0.3 is 0 Å². The number of para-hydroxylation sites is 2. The number of ketones is 1. The summed E-state index contributed by atoms with van der Waals surface area (Å²) in [5, 5.41) is 4.19. The van der Waals surface area contributed by atoms with E-state index in [0.717, 1.165) is 28.2 Å². The zero-order valence-corrected chi connectivity index (χ0v) is 21.8. The average molecular weight is 517 g/mol. The average Bonchev–Trinajstić information content (AvgIpc) is 3.06. The Bertz CT molecular complexity index is 1400. The van der Waals surface area contributed by atoms with Crippen LogP contribution in [0.15, 0.2) is 78.0 Å². The Morgan fingerprint density at radius 1 is 0.973 bits per heavy atom. The molecule has 2 aliphatic rings. The lowest BCUT2D eigenvalue weighted by Crippen LogP contribution is -2.38. The Hall–Kier alpha value is -3.77. The highest BCUT2D eigenvalue weighted by atomic mass is 35.5. The van der Waals surface area contributed by atoms with Crippen molar-refractivity contribution >= 4 is 34.7 Å². The minimum atomic E-state index is -0.619. The summed E-state index contributed by atoms with van der Waals surface area (Å²) in [6.45, 7) is 1.84. The fourth-order valence-corrected chi connectivity index (χ4v) is 5.57. The number of carbonyl (C=O) groups excluding carboxylic acids is 2. The van der Waals surface area contributed by atoms with Crippen molar-refractivity contribution in [2.75, 3.05) is 24.4 Å². The number of rotatable bonds is 5. The van der Waals surface area contributed by atoms with E-state index in [9.17, 15) is 9.59 Å². The number of hydrogen-bond acceptors (Lipinski definition) is 5. The van der Waals surface area contributed by atoms with Gasteiger partial charge in [-0.05, 0) is 59.9 Å². The molecule has 5 rings (SSSR count). The quantitative estimate of drug-likeness (QED) is 0.410. The maximum atomic E-state index is 14.0. The summed E-state index contributed by atoms with van der Waals surface area (Å²) in [4.78, 5) is 29.3. The van der Waals surface area contributed by atoms with Gasteiger partial charge in [-0.15, -0.1) is 0 Å². The van der Waals surface area contributed by atoms with Crippen molar-refractivity contribution < 1.29 is 19.1 Å². The molecule has 3 aromatic rings. The number of amides is 1. The first-order chi connectivity index (χ1) is 17.9. The van der Waals surface area contributed by atoms with Gasteiger partial charge in [-0.2, -0.15) is 0 Å². The molecule has 1 aliphatic carbocycles. The molecule has 0 spiro atoms. The molecule has 0 saturated carbocycles. The molecule has 7 heteroatoms. The predicted molar refractivity (Wildman–Crippen MR) is 146 cm³/mol. The van der Waals surface area contributed by atoms with Gasteiger partial charge in [0.15, 0.2) is 17.3 Å². The number of carbonyl (C=O) groups is 2. The molecule has 190 valence electrons. The van der Waals surface area contributed by atoms with Crippen molar-refractivity contribution in [1.82, 2.24) is 0 Å². The molecule has 1 N–H and O–H groups in total. The molecule has 0 radical (unpaired) electrons. The van der Waals surface area contributed by atoms with Gasteiger partial charge in [0.25, 0.3) is 0 Å². The van der Waals surface area contributed by atoms with E-state index in [4.69, 9.17) is 21.1 Å². The second-order valence-corrected chi connectivity index (χ2v) is 9.69. The number of fused-ring (bicyclic) bond motifs is 1. The van der Waals surface area contributed by atoms with Crippen LogP contribution in [0, 0.1) is 0 Å². The molecule has 0 saturated heterocycles. The van der Waals surface area contributed by atoms with Gasteiger partial charge in [-0.1, -0.05) is 48.9 Å². The number of hydrogen-bond donors (Lipinski definition) is 1. The van der Waals surface area contributed by atoms with Crippen molar-refractivity contribution in [1.29, 1.82) is 0 Å². The van der Waals surface area contributed by atoms with Crippen LogP contribution in [-0.4, -0.2) is 25.9 Å². The lowest BCUT2D eigenvalue weighted by molar-refractivity contribution is -0.119. The maximum Gasteiger partial charge on any atom is 0.227 e. The molecule has 1 amide bonds. The second-order valence-electron chi connectivity index (χ2n) is 9.25. The van der Waals surface area contributed by atoms with Gasteiger partial charge in [-0.3, -0.25) is 14.5 Å². The number of nitrogens with zero attached hydrogens (tertiary/aromatic N) is 1. The monoisotopic (exact) mass is 516 g/mol. The molecule has 1 heterocycles. The highest BCUT2D eigenvalue weighted by molar-refractivity contribution is 6.30. The molecule has 2 atom stereocenters. The van der Waals surface area contributed by atoms with Crippen molar-refractivity contribution in [3.8, 4) is 11.5 Å². The zero-order chi connectivity index (χ0) is 26.1. The maximum absolute atomic E-state index is 14.0. The number of allylic oxidation sites excluding steroid dienone is 1. The van der Waals surface area contributed by atoms with Crippen LogP contribution in [0.2, 0.25) is 5.02 Å². The van der Waals surface area contributed by atoms with Crippen molar-refractivity contribution in [2.24, 2.45) is 0 Å². The number of benzene rings is 3. The molecular weight excluding hydrogens is 488 g/mol. The van der Waals surface area contributed by atoms with Gasteiger partial charge in [0.1, 0.15) is 0 Å². The summed E-state index contributed by atoms with van der Waals surface area (Å²) in [5.41, 5.74) is 4.74. The summed E-state index contributed by atoms with van der Waals surface area (Å²) < 4.78 is 11.0. The fourth-order valence-electron chi connectivity index (χ4n) is 5.37. The normalized spacial score (nSPS) is 18.9. The standard InChI is InChI=1S/C30H29ClN2O4/c1-4-28(35)33-24-11-6-5-10-22(24)32-23-15-20(18-8-7-9-21(31)14-18)16-25(34)29(23)30(33)19-12-13-26(36-2)27(17-19)37-3/h5-14,17,20,30,32H,4,15-16H2,1-3H3/t20-,30-/m1/s1. The summed E-state index contributed by atoms with van der Waals surface area (Å²) >= 11 is 6.28. The molecule has 1 aliphatic heterocycles. The fraction of sp³-hybridized carbons (Fsp3) is 0.267. The first-order valence-electron chi connectivity index (χ1n) is 12.4. The van der Waals surface area contributed by atoms with Gasteiger partial charge < -0.3 is 14.8 Å². The molecule has 6 nitrogen and oxygen atoms in total. The van der Waals surface area contributed by atoms with Gasteiger partial charge in [0.05, 0.1) is 31.6 Å². The van der Waals surface area contributed by atoms with Gasteiger partial charge in [0, 0.05) is 29.1 Å². The minimum absolute atomic E-state index is 0.000203.